The van der Waals surface area contributed by atoms with Crippen LogP contribution in [0.4, 0.5) is 5.69 Å². The fraction of sp³-hybridized carbons (Fsp3) is 0.400. The lowest BCUT2D eigenvalue weighted by Crippen LogP contribution is -2.41. The summed E-state index contributed by atoms with van der Waals surface area (Å²) in [6, 6.07) is 8.97. The van der Waals surface area contributed by atoms with Crippen LogP contribution in [0.2, 0.25) is 0 Å². The molecule has 1 aliphatic heterocycles. The first kappa shape index (κ1) is 19.1. The lowest BCUT2D eigenvalue weighted by molar-refractivity contribution is -0.118. The number of nitrogens with zero attached hydrogens (tertiary/aromatic N) is 2. The molecule has 144 valence electrons. The fourth-order valence-corrected chi connectivity index (χ4v) is 2.97. The molecule has 2 amide bonds. The highest BCUT2D eigenvalue weighted by Gasteiger charge is 2.17. The minimum absolute atomic E-state index is 0.0893. The Hall–Kier alpha value is -2.64. The Morgan fingerprint density at radius 1 is 1.22 bits per heavy atom. The third-order valence-corrected chi connectivity index (χ3v) is 4.55. The van der Waals surface area contributed by atoms with Gasteiger partial charge in [0.15, 0.2) is 0 Å². The van der Waals surface area contributed by atoms with Crippen LogP contribution in [0.3, 0.4) is 0 Å². The van der Waals surface area contributed by atoms with Gasteiger partial charge in [-0.05, 0) is 36.8 Å². The van der Waals surface area contributed by atoms with E-state index in [-0.39, 0.29) is 11.8 Å². The van der Waals surface area contributed by atoms with Crippen LogP contribution < -0.4 is 5.32 Å². The molecule has 3 rings (SSSR count). The second-order valence-corrected chi connectivity index (χ2v) is 6.71. The number of hydrogen-bond acceptors (Lipinski definition) is 5. The average molecular weight is 371 g/mol. The van der Waals surface area contributed by atoms with Crippen LogP contribution >= 0.6 is 0 Å². The molecule has 1 saturated heterocycles. The van der Waals surface area contributed by atoms with Gasteiger partial charge in [-0.2, -0.15) is 0 Å². The number of rotatable bonds is 6. The van der Waals surface area contributed by atoms with Crippen molar-refractivity contribution < 1.29 is 18.7 Å². The molecule has 0 radical (unpaired) electrons. The number of hydrogen-bond donors (Lipinski definition) is 1. The van der Waals surface area contributed by atoms with Crippen molar-refractivity contribution in [3.8, 4) is 0 Å². The Morgan fingerprint density at radius 3 is 2.70 bits per heavy atom. The third kappa shape index (κ3) is 5.18. The van der Waals surface area contributed by atoms with E-state index in [1.54, 1.807) is 36.4 Å². The van der Waals surface area contributed by atoms with E-state index in [9.17, 15) is 9.59 Å². The van der Waals surface area contributed by atoms with Crippen LogP contribution in [0, 0.1) is 6.92 Å². The molecule has 0 aliphatic carbocycles. The summed E-state index contributed by atoms with van der Waals surface area (Å²) in [6.45, 7) is 5.42. The monoisotopic (exact) mass is 371 g/mol. The molecule has 2 heterocycles. The summed E-state index contributed by atoms with van der Waals surface area (Å²) in [5.41, 5.74) is 2.09. The number of ether oxygens (including phenoxy) is 1. The summed E-state index contributed by atoms with van der Waals surface area (Å²) in [5, 5.41) is 2.93. The fourth-order valence-electron chi connectivity index (χ4n) is 2.97. The maximum Gasteiger partial charge on any atom is 0.254 e. The zero-order chi connectivity index (χ0) is 19.2. The normalized spacial score (nSPS) is 14.7. The number of nitrogens with one attached hydrogen (secondary N) is 1. The molecule has 0 spiro atoms. The molecule has 27 heavy (non-hydrogen) atoms. The van der Waals surface area contributed by atoms with Gasteiger partial charge in [0.05, 0.1) is 32.6 Å². The van der Waals surface area contributed by atoms with Crippen molar-refractivity contribution in [2.75, 3.05) is 45.2 Å². The van der Waals surface area contributed by atoms with Crippen molar-refractivity contribution in [1.29, 1.82) is 0 Å². The van der Waals surface area contributed by atoms with E-state index in [1.165, 1.54) is 0 Å². The highest BCUT2D eigenvalue weighted by molar-refractivity contribution is 5.98. The van der Waals surface area contributed by atoms with E-state index < -0.39 is 0 Å². The topological polar surface area (TPSA) is 75.0 Å². The first-order chi connectivity index (χ1) is 13.0. The Kier molecular flexibility index (Phi) is 6.26. The van der Waals surface area contributed by atoms with Crippen molar-refractivity contribution in [3.05, 3.63) is 53.5 Å². The van der Waals surface area contributed by atoms with Gasteiger partial charge in [-0.1, -0.05) is 6.07 Å². The molecule has 0 bridgehead atoms. The lowest BCUT2D eigenvalue weighted by Gasteiger charge is -2.26. The first-order valence-electron chi connectivity index (χ1n) is 9.01. The van der Waals surface area contributed by atoms with E-state index in [1.807, 2.05) is 19.1 Å². The van der Waals surface area contributed by atoms with Gasteiger partial charge >= 0.3 is 0 Å². The first-order valence-corrected chi connectivity index (χ1v) is 9.01. The van der Waals surface area contributed by atoms with Gasteiger partial charge in [0.1, 0.15) is 5.76 Å². The number of furan rings is 1. The van der Waals surface area contributed by atoms with Gasteiger partial charge in [0, 0.05) is 31.4 Å². The predicted octanol–water partition coefficient (Wildman–Crippen LogP) is 2.13. The van der Waals surface area contributed by atoms with Crippen molar-refractivity contribution in [2.45, 2.75) is 13.5 Å². The summed E-state index contributed by atoms with van der Waals surface area (Å²) in [4.78, 5) is 28.7. The largest absolute Gasteiger partial charge is 0.467 e. The van der Waals surface area contributed by atoms with E-state index in [2.05, 4.69) is 10.2 Å². The second kappa shape index (κ2) is 8.83. The summed E-state index contributed by atoms with van der Waals surface area (Å²) >= 11 is 0. The van der Waals surface area contributed by atoms with E-state index in [4.69, 9.17) is 9.15 Å². The Morgan fingerprint density at radius 2 is 2.00 bits per heavy atom. The number of amides is 2. The van der Waals surface area contributed by atoms with Gasteiger partial charge in [0.2, 0.25) is 5.91 Å². The SMILES string of the molecule is Cc1ccc(C(=O)N(C)Cc2ccco2)cc1NC(=O)CN1CCOCC1. The van der Waals surface area contributed by atoms with Gasteiger partial charge < -0.3 is 19.4 Å². The molecule has 0 atom stereocenters. The zero-order valence-corrected chi connectivity index (χ0v) is 15.7. The Balaban J connectivity index is 1.64. The lowest BCUT2D eigenvalue weighted by atomic mass is 10.1. The number of carbonyl (C=O) groups excluding carboxylic acids is 2. The van der Waals surface area contributed by atoms with Crippen LogP contribution in [0.1, 0.15) is 21.7 Å². The van der Waals surface area contributed by atoms with Gasteiger partial charge in [-0.3, -0.25) is 14.5 Å². The smallest absolute Gasteiger partial charge is 0.254 e. The van der Waals surface area contributed by atoms with Crippen molar-refractivity contribution in [1.82, 2.24) is 9.80 Å². The predicted molar refractivity (Wildman–Crippen MR) is 102 cm³/mol. The number of morpholine rings is 1. The quantitative estimate of drug-likeness (QED) is 0.842. The Labute approximate surface area is 158 Å². The molecular weight excluding hydrogens is 346 g/mol. The average Bonchev–Trinajstić information content (AvgIpc) is 3.16. The van der Waals surface area contributed by atoms with Crippen molar-refractivity contribution in [3.63, 3.8) is 0 Å². The van der Waals surface area contributed by atoms with Gasteiger partial charge in [-0.15, -0.1) is 0 Å². The van der Waals surface area contributed by atoms with E-state index in [0.717, 1.165) is 24.4 Å². The van der Waals surface area contributed by atoms with Crippen LogP contribution in [0.25, 0.3) is 0 Å². The molecule has 2 aromatic rings. The van der Waals surface area contributed by atoms with E-state index in [0.29, 0.717) is 37.6 Å². The van der Waals surface area contributed by atoms with Crippen LogP contribution in [0.5, 0.6) is 0 Å². The maximum absolute atomic E-state index is 12.7. The van der Waals surface area contributed by atoms with E-state index >= 15 is 0 Å². The van der Waals surface area contributed by atoms with Crippen molar-refractivity contribution in [2.24, 2.45) is 0 Å². The summed E-state index contributed by atoms with van der Waals surface area (Å²) in [5.74, 6) is 0.501. The molecule has 1 aromatic carbocycles. The molecule has 1 aliphatic rings. The molecular formula is C20H25N3O4. The molecule has 1 fully saturated rings. The maximum atomic E-state index is 12.7. The number of benzene rings is 1. The molecule has 7 heteroatoms. The Bertz CT molecular complexity index is 783. The van der Waals surface area contributed by atoms with Gasteiger partial charge in [-0.25, -0.2) is 0 Å². The van der Waals surface area contributed by atoms with Crippen molar-refractivity contribution >= 4 is 17.5 Å². The molecule has 1 N–H and O–H groups in total. The number of aryl methyl sites for hydroxylation is 1. The summed E-state index contributed by atoms with van der Waals surface area (Å²) in [6.07, 6.45) is 1.58. The number of carbonyl (C=O) groups is 2. The molecule has 7 nitrogen and oxygen atoms in total. The standard InChI is InChI=1S/C20H25N3O4/c1-15-5-6-16(20(25)22(2)13-17-4-3-9-27-17)12-18(15)21-19(24)14-23-7-10-26-11-8-23/h3-6,9,12H,7-8,10-11,13-14H2,1-2H3,(H,21,24). The molecule has 0 saturated carbocycles. The number of anilines is 1. The zero-order valence-electron chi connectivity index (χ0n) is 15.7. The van der Waals surface area contributed by atoms with Gasteiger partial charge in [0.25, 0.3) is 5.91 Å². The minimum Gasteiger partial charge on any atom is -0.467 e. The highest BCUT2D eigenvalue weighted by atomic mass is 16.5. The second-order valence-electron chi connectivity index (χ2n) is 6.71. The van der Waals surface area contributed by atoms with Crippen LogP contribution in [0.15, 0.2) is 41.0 Å². The minimum atomic E-state index is -0.130. The highest BCUT2D eigenvalue weighted by Crippen LogP contribution is 2.19. The molecule has 1 aromatic heterocycles. The molecule has 0 unspecified atom stereocenters. The summed E-state index contributed by atoms with van der Waals surface area (Å²) < 4.78 is 10.6. The summed E-state index contributed by atoms with van der Waals surface area (Å²) in [7, 11) is 1.72. The third-order valence-electron chi connectivity index (χ3n) is 4.55. The van der Waals surface area contributed by atoms with Crippen LogP contribution in [-0.4, -0.2) is 61.5 Å². The van der Waals surface area contributed by atoms with Crippen LogP contribution in [-0.2, 0) is 16.1 Å².